The Bertz CT molecular complexity index is 288. The minimum Gasteiger partial charge on any atom is -0.481 e. The summed E-state index contributed by atoms with van der Waals surface area (Å²) >= 11 is 0.109. The van der Waals surface area contributed by atoms with Crippen LogP contribution in [0, 0.1) is 0 Å². The van der Waals surface area contributed by atoms with Crippen LogP contribution in [0.3, 0.4) is 0 Å². The molecule has 8 heteroatoms. The van der Waals surface area contributed by atoms with Gasteiger partial charge in [0, 0.05) is 0 Å². The van der Waals surface area contributed by atoms with E-state index in [1.165, 1.54) is 0 Å². The first-order valence-electron chi connectivity index (χ1n) is 3.47. The highest BCUT2D eigenvalue weighted by Gasteiger charge is 2.45. The van der Waals surface area contributed by atoms with Gasteiger partial charge in [0.15, 0.2) is 5.60 Å². The van der Waals surface area contributed by atoms with E-state index in [1.807, 2.05) is 0 Å². The van der Waals surface area contributed by atoms with Crippen LogP contribution < -0.4 is 0 Å². The van der Waals surface area contributed by atoms with E-state index in [2.05, 4.69) is 8.37 Å². The number of carboxylic acid groups (broad SMARTS) is 1. The van der Waals surface area contributed by atoms with Gasteiger partial charge < -0.3 is 18.6 Å². The molecule has 1 heterocycles. The molecule has 2 N–H and O–H groups in total. The molecule has 0 aromatic carbocycles. The first-order chi connectivity index (χ1) is 6.44. The summed E-state index contributed by atoms with van der Waals surface area (Å²) in [5, 5.41) is 17.9. The molecule has 14 heavy (non-hydrogen) atoms. The van der Waals surface area contributed by atoms with Crippen LogP contribution in [-0.2, 0) is 22.7 Å². The van der Waals surface area contributed by atoms with Crippen LogP contribution in [0.5, 0.6) is 0 Å². The van der Waals surface area contributed by atoms with Gasteiger partial charge in [0.25, 0.3) is 12.3 Å². The molecular formula is C6H6O7S. The highest BCUT2D eigenvalue weighted by molar-refractivity contribution is 7.90. The van der Waals surface area contributed by atoms with E-state index >= 15 is 0 Å². The van der Waals surface area contributed by atoms with Crippen molar-refractivity contribution in [2.45, 2.75) is 18.4 Å². The molecule has 0 bridgehead atoms. The Morgan fingerprint density at radius 1 is 1.50 bits per heavy atom. The molecular weight excluding hydrogens is 216 g/mol. The number of carbonyl (C=O) groups is 3. The average molecular weight is 222 g/mol. The van der Waals surface area contributed by atoms with Crippen LogP contribution >= 0.6 is 12.3 Å². The van der Waals surface area contributed by atoms with Crippen molar-refractivity contribution >= 4 is 30.2 Å². The summed E-state index contributed by atoms with van der Waals surface area (Å²) in [5.74, 6) is -3.52. The highest BCUT2D eigenvalue weighted by atomic mass is 32.2. The first kappa shape index (κ1) is 10.8. The van der Waals surface area contributed by atoms with Gasteiger partial charge in [0.1, 0.15) is 0 Å². The molecule has 1 saturated heterocycles. The number of hydrogen-bond donors (Lipinski definition) is 2. The number of aliphatic hydroxyl groups is 1. The monoisotopic (exact) mass is 222 g/mol. The zero-order chi connectivity index (χ0) is 10.8. The van der Waals surface area contributed by atoms with Gasteiger partial charge in [0.05, 0.1) is 12.8 Å². The van der Waals surface area contributed by atoms with E-state index in [4.69, 9.17) is 5.11 Å². The lowest BCUT2D eigenvalue weighted by Crippen LogP contribution is -2.42. The van der Waals surface area contributed by atoms with E-state index < -0.39 is 36.4 Å². The van der Waals surface area contributed by atoms with Gasteiger partial charge in [-0.2, -0.15) is 0 Å². The second-order valence-corrected chi connectivity index (χ2v) is 3.14. The smallest absolute Gasteiger partial charge is 0.353 e. The normalized spacial score (nSPS) is 27.5. The minimum absolute atomic E-state index is 0.109. The van der Waals surface area contributed by atoms with Gasteiger partial charge in [-0.3, -0.25) is 9.59 Å². The van der Waals surface area contributed by atoms with Gasteiger partial charge >= 0.3 is 17.9 Å². The molecule has 78 valence electrons. The van der Waals surface area contributed by atoms with Crippen molar-refractivity contribution < 1.29 is 33.0 Å². The molecule has 0 saturated carbocycles. The topological polar surface area (TPSA) is 110 Å². The molecule has 0 aliphatic carbocycles. The molecule has 0 aromatic heterocycles. The summed E-state index contributed by atoms with van der Waals surface area (Å²) in [7, 11) is 0. The largest absolute Gasteiger partial charge is 0.481 e. The standard InChI is InChI=1S/C6H6O7S/c7-3(8)1-6(11)2-4(9)12-14-13-5(6)10/h11H,1-2H2,(H,7,8). The minimum atomic E-state index is -2.34. The molecule has 1 rings (SSSR count). The maximum atomic E-state index is 11.0. The summed E-state index contributed by atoms with van der Waals surface area (Å²) in [5.41, 5.74) is -2.34. The molecule has 7 nitrogen and oxygen atoms in total. The first-order valence-corrected chi connectivity index (χ1v) is 4.13. The fourth-order valence-corrected chi connectivity index (χ4v) is 1.27. The van der Waals surface area contributed by atoms with Gasteiger partial charge in [-0.1, -0.05) is 0 Å². The van der Waals surface area contributed by atoms with E-state index in [0.717, 1.165) is 0 Å². The molecule has 0 spiro atoms. The third kappa shape index (κ3) is 2.36. The second kappa shape index (κ2) is 3.84. The Morgan fingerprint density at radius 3 is 2.71 bits per heavy atom. The van der Waals surface area contributed by atoms with Gasteiger partial charge in [-0.15, -0.1) is 0 Å². The summed E-state index contributed by atoms with van der Waals surface area (Å²) in [6.45, 7) is 0. The summed E-state index contributed by atoms with van der Waals surface area (Å²) < 4.78 is 8.44. The van der Waals surface area contributed by atoms with E-state index in [-0.39, 0.29) is 12.3 Å². The lowest BCUT2D eigenvalue weighted by Gasteiger charge is -2.17. The zero-order valence-corrected chi connectivity index (χ0v) is 7.57. The molecule has 1 fully saturated rings. The lowest BCUT2D eigenvalue weighted by molar-refractivity contribution is -0.163. The fourth-order valence-electron chi connectivity index (χ4n) is 0.889. The van der Waals surface area contributed by atoms with Gasteiger partial charge in [-0.05, 0) is 0 Å². The molecule has 1 atom stereocenters. The van der Waals surface area contributed by atoms with Gasteiger partial charge in [-0.25, -0.2) is 4.79 Å². The Kier molecular flexibility index (Phi) is 2.96. The van der Waals surface area contributed by atoms with Crippen molar-refractivity contribution in [1.29, 1.82) is 0 Å². The number of aliphatic carboxylic acids is 1. The lowest BCUT2D eigenvalue weighted by atomic mass is 9.96. The van der Waals surface area contributed by atoms with Crippen LogP contribution in [0.1, 0.15) is 12.8 Å². The quantitative estimate of drug-likeness (QED) is 0.587. The Labute approximate surface area is 82.4 Å². The maximum absolute atomic E-state index is 11.0. The average Bonchev–Trinajstić information content (AvgIpc) is 2.11. The molecule has 1 aliphatic rings. The highest BCUT2D eigenvalue weighted by Crippen LogP contribution is 2.26. The van der Waals surface area contributed by atoms with Crippen molar-refractivity contribution in [3.63, 3.8) is 0 Å². The van der Waals surface area contributed by atoms with Crippen molar-refractivity contribution in [1.82, 2.24) is 0 Å². The Morgan fingerprint density at radius 2 is 2.14 bits per heavy atom. The number of rotatable bonds is 2. The third-order valence-corrected chi connectivity index (χ3v) is 1.97. The molecule has 1 unspecified atom stereocenters. The summed E-state index contributed by atoms with van der Waals surface area (Å²) in [6, 6.07) is 0. The van der Waals surface area contributed by atoms with E-state index in [1.54, 1.807) is 0 Å². The molecule has 0 aromatic rings. The van der Waals surface area contributed by atoms with Crippen LogP contribution in [-0.4, -0.2) is 33.7 Å². The fraction of sp³-hybridized carbons (Fsp3) is 0.500. The number of carboxylic acids is 1. The van der Waals surface area contributed by atoms with Crippen molar-refractivity contribution in [2.75, 3.05) is 0 Å². The van der Waals surface area contributed by atoms with Crippen LogP contribution in [0.4, 0.5) is 0 Å². The molecule has 1 aliphatic heterocycles. The molecule has 0 radical (unpaired) electrons. The Hall–Kier alpha value is -1.28. The van der Waals surface area contributed by atoms with Crippen LogP contribution in [0.2, 0.25) is 0 Å². The van der Waals surface area contributed by atoms with E-state index in [0.29, 0.717) is 0 Å². The SMILES string of the molecule is O=C(O)CC1(O)CC(=O)OSOC1=O. The molecule has 0 amide bonds. The van der Waals surface area contributed by atoms with Crippen molar-refractivity contribution in [2.24, 2.45) is 0 Å². The van der Waals surface area contributed by atoms with E-state index in [9.17, 15) is 19.5 Å². The maximum Gasteiger partial charge on any atom is 0.353 e. The number of hydrogen-bond acceptors (Lipinski definition) is 7. The third-order valence-electron chi connectivity index (χ3n) is 1.50. The number of carbonyl (C=O) groups excluding carboxylic acids is 2. The summed E-state index contributed by atoms with van der Waals surface area (Å²) in [4.78, 5) is 32.1. The van der Waals surface area contributed by atoms with Crippen LogP contribution in [0.25, 0.3) is 0 Å². The van der Waals surface area contributed by atoms with Crippen LogP contribution in [0.15, 0.2) is 0 Å². The predicted molar refractivity (Wildman–Crippen MR) is 41.6 cm³/mol. The van der Waals surface area contributed by atoms with Gasteiger partial charge in [0.2, 0.25) is 0 Å². The van der Waals surface area contributed by atoms with Crippen molar-refractivity contribution in [3.8, 4) is 0 Å². The predicted octanol–water partition coefficient (Wildman–Crippen LogP) is -0.755. The second-order valence-electron chi connectivity index (χ2n) is 2.67. The Balaban J connectivity index is 2.84. The zero-order valence-electron chi connectivity index (χ0n) is 6.76. The summed E-state index contributed by atoms with van der Waals surface area (Å²) in [6.07, 6.45) is -1.63. The van der Waals surface area contributed by atoms with Crippen molar-refractivity contribution in [3.05, 3.63) is 0 Å².